The van der Waals surface area contributed by atoms with Crippen molar-refractivity contribution in [2.24, 2.45) is 0 Å². The van der Waals surface area contributed by atoms with Gasteiger partial charge in [-0.25, -0.2) is 0 Å². The summed E-state index contributed by atoms with van der Waals surface area (Å²) in [4.78, 5) is 29.2. The Kier molecular flexibility index (Phi) is 5.70. The fraction of sp³-hybridized carbons (Fsp3) is 0.364. The normalized spacial score (nSPS) is 19.0. The molecule has 1 atom stereocenters. The van der Waals surface area contributed by atoms with Gasteiger partial charge in [0, 0.05) is 12.1 Å². The summed E-state index contributed by atoms with van der Waals surface area (Å²) in [5, 5.41) is 11.0. The molecule has 1 N–H and O–H groups in total. The van der Waals surface area contributed by atoms with Crippen molar-refractivity contribution in [3.05, 3.63) is 64.6 Å². The average molecular weight is 382 g/mol. The molecule has 2 heterocycles. The van der Waals surface area contributed by atoms with Crippen LogP contribution in [0.5, 0.6) is 0 Å². The quantitative estimate of drug-likeness (QED) is 0.472. The van der Waals surface area contributed by atoms with E-state index < -0.39 is 17.7 Å². The number of aliphatic hydroxyl groups excluding tert-OH is 1. The molecule has 1 aromatic carbocycles. The molecule has 6 heteroatoms. The monoisotopic (exact) mass is 382 g/mol. The van der Waals surface area contributed by atoms with Crippen molar-refractivity contribution in [1.29, 1.82) is 0 Å². The summed E-state index contributed by atoms with van der Waals surface area (Å²) >= 11 is 0. The molecule has 3 rings (SSSR count). The lowest BCUT2D eigenvalue weighted by atomic mass is 9.96. The zero-order chi connectivity index (χ0) is 20.4. The molecule has 0 saturated carbocycles. The summed E-state index contributed by atoms with van der Waals surface area (Å²) < 4.78 is 5.54. The third-order valence-corrected chi connectivity index (χ3v) is 5.01. The zero-order valence-electron chi connectivity index (χ0n) is 16.7. The van der Waals surface area contributed by atoms with Crippen molar-refractivity contribution in [2.75, 3.05) is 27.2 Å². The maximum absolute atomic E-state index is 12.9. The second kappa shape index (κ2) is 8.02. The number of hydrogen-bond donors (Lipinski definition) is 1. The van der Waals surface area contributed by atoms with E-state index in [1.54, 1.807) is 12.1 Å². The molecule has 1 fully saturated rings. The second-order valence-corrected chi connectivity index (χ2v) is 7.48. The number of rotatable bonds is 6. The summed E-state index contributed by atoms with van der Waals surface area (Å²) in [5.41, 5.74) is 2.43. The van der Waals surface area contributed by atoms with Crippen molar-refractivity contribution in [3.8, 4) is 0 Å². The molecule has 1 aliphatic rings. The van der Waals surface area contributed by atoms with Crippen molar-refractivity contribution < 1.29 is 19.1 Å². The van der Waals surface area contributed by atoms with Gasteiger partial charge >= 0.3 is 0 Å². The highest BCUT2D eigenvalue weighted by Gasteiger charge is 2.47. The first-order valence-corrected chi connectivity index (χ1v) is 9.35. The van der Waals surface area contributed by atoms with Crippen LogP contribution < -0.4 is 0 Å². The van der Waals surface area contributed by atoms with E-state index in [4.69, 9.17) is 4.42 Å². The van der Waals surface area contributed by atoms with Gasteiger partial charge in [-0.15, -0.1) is 0 Å². The number of hydrogen-bond acceptors (Lipinski definition) is 5. The number of benzene rings is 1. The fourth-order valence-electron chi connectivity index (χ4n) is 3.55. The largest absolute Gasteiger partial charge is 0.507 e. The van der Waals surface area contributed by atoms with Gasteiger partial charge in [-0.3, -0.25) is 9.59 Å². The maximum Gasteiger partial charge on any atom is 0.295 e. The van der Waals surface area contributed by atoms with Gasteiger partial charge in [-0.05, 0) is 64.7 Å². The maximum atomic E-state index is 12.9. The van der Waals surface area contributed by atoms with Crippen LogP contribution in [-0.4, -0.2) is 53.8 Å². The number of ketones is 1. The van der Waals surface area contributed by atoms with E-state index in [1.807, 2.05) is 51.0 Å². The van der Waals surface area contributed by atoms with E-state index in [0.717, 1.165) is 17.7 Å². The van der Waals surface area contributed by atoms with Crippen LogP contribution in [0.15, 0.2) is 46.6 Å². The van der Waals surface area contributed by atoms with Gasteiger partial charge in [0.25, 0.3) is 11.7 Å². The molecular formula is C22H26N2O4. The van der Waals surface area contributed by atoms with E-state index in [2.05, 4.69) is 0 Å². The average Bonchev–Trinajstić information content (AvgIpc) is 3.25. The molecule has 0 radical (unpaired) electrons. The summed E-state index contributed by atoms with van der Waals surface area (Å²) in [6, 6.07) is 8.37. The van der Waals surface area contributed by atoms with Crippen LogP contribution in [-0.2, 0) is 9.59 Å². The van der Waals surface area contributed by atoms with Crippen LogP contribution in [0.25, 0.3) is 5.76 Å². The SMILES string of the molecule is Cc1ccc(C)c(/C(O)=C2\C(=O)C(=O)N(CCCN(C)C)C2c2ccco2)c1. The number of aliphatic hydroxyl groups is 1. The second-order valence-electron chi connectivity index (χ2n) is 7.48. The molecule has 0 aliphatic carbocycles. The number of furan rings is 1. The predicted octanol–water partition coefficient (Wildman–Crippen LogP) is 3.27. The summed E-state index contributed by atoms with van der Waals surface area (Å²) in [6.07, 6.45) is 2.22. The molecule has 148 valence electrons. The summed E-state index contributed by atoms with van der Waals surface area (Å²) in [5.74, 6) is -0.969. The number of aryl methyl sites for hydroxylation is 2. The highest BCUT2D eigenvalue weighted by molar-refractivity contribution is 6.46. The van der Waals surface area contributed by atoms with Crippen LogP contribution in [0.4, 0.5) is 0 Å². The Morgan fingerprint density at radius 3 is 2.61 bits per heavy atom. The Morgan fingerprint density at radius 1 is 1.21 bits per heavy atom. The van der Waals surface area contributed by atoms with Gasteiger partial charge in [0.2, 0.25) is 0 Å². The lowest BCUT2D eigenvalue weighted by Gasteiger charge is -2.24. The molecule has 1 unspecified atom stereocenters. The lowest BCUT2D eigenvalue weighted by Crippen LogP contribution is -2.32. The van der Waals surface area contributed by atoms with E-state index in [-0.39, 0.29) is 11.3 Å². The van der Waals surface area contributed by atoms with Gasteiger partial charge < -0.3 is 19.3 Å². The van der Waals surface area contributed by atoms with Gasteiger partial charge in [0.15, 0.2) is 0 Å². The van der Waals surface area contributed by atoms with Crippen molar-refractivity contribution in [2.45, 2.75) is 26.3 Å². The molecule has 0 spiro atoms. The van der Waals surface area contributed by atoms with E-state index in [0.29, 0.717) is 24.3 Å². The first kappa shape index (κ1) is 19.9. The third-order valence-electron chi connectivity index (χ3n) is 5.01. The number of amides is 1. The van der Waals surface area contributed by atoms with Gasteiger partial charge in [0.1, 0.15) is 17.6 Å². The van der Waals surface area contributed by atoms with E-state index >= 15 is 0 Å². The van der Waals surface area contributed by atoms with Crippen LogP contribution in [0.2, 0.25) is 0 Å². The Morgan fingerprint density at radius 2 is 1.96 bits per heavy atom. The number of carbonyl (C=O) groups excluding carboxylic acids is 2. The number of carbonyl (C=O) groups is 2. The minimum absolute atomic E-state index is 0.0819. The Bertz CT molecular complexity index is 913. The number of likely N-dealkylation sites (tertiary alicyclic amines) is 1. The first-order chi connectivity index (χ1) is 13.3. The van der Waals surface area contributed by atoms with Crippen molar-refractivity contribution in [1.82, 2.24) is 9.80 Å². The molecule has 0 bridgehead atoms. The molecule has 6 nitrogen and oxygen atoms in total. The molecule has 1 amide bonds. The standard InChI is InChI=1S/C22H26N2O4/c1-14-8-9-15(2)16(13-14)20(25)18-19(17-7-5-12-28-17)24(22(27)21(18)26)11-6-10-23(3)4/h5,7-9,12-13,19,25H,6,10-11H2,1-4H3/b20-18+. The lowest BCUT2D eigenvalue weighted by molar-refractivity contribution is -0.140. The van der Waals surface area contributed by atoms with E-state index in [9.17, 15) is 14.7 Å². The van der Waals surface area contributed by atoms with Gasteiger partial charge in [-0.2, -0.15) is 0 Å². The highest BCUT2D eigenvalue weighted by atomic mass is 16.3. The van der Waals surface area contributed by atoms with Gasteiger partial charge in [-0.1, -0.05) is 17.7 Å². The minimum atomic E-state index is -0.725. The van der Waals surface area contributed by atoms with Crippen molar-refractivity contribution >= 4 is 17.4 Å². The predicted molar refractivity (Wildman–Crippen MR) is 107 cm³/mol. The molecule has 1 aliphatic heterocycles. The minimum Gasteiger partial charge on any atom is -0.507 e. The number of nitrogens with zero attached hydrogens (tertiary/aromatic N) is 2. The number of Topliss-reactive ketones (excluding diaryl/α,β-unsaturated/α-hetero) is 1. The Labute approximate surface area is 165 Å². The molecule has 1 aromatic heterocycles. The molecule has 1 saturated heterocycles. The molecule has 28 heavy (non-hydrogen) atoms. The van der Waals surface area contributed by atoms with Gasteiger partial charge in [0.05, 0.1) is 11.8 Å². The zero-order valence-corrected chi connectivity index (χ0v) is 16.7. The Hall–Kier alpha value is -2.86. The highest BCUT2D eigenvalue weighted by Crippen LogP contribution is 2.40. The topological polar surface area (TPSA) is 74.0 Å². The third kappa shape index (κ3) is 3.73. The Balaban J connectivity index is 2.09. The van der Waals surface area contributed by atoms with Crippen LogP contribution in [0.3, 0.4) is 0 Å². The molecular weight excluding hydrogens is 356 g/mol. The van der Waals surface area contributed by atoms with Crippen LogP contribution >= 0.6 is 0 Å². The smallest absolute Gasteiger partial charge is 0.295 e. The first-order valence-electron chi connectivity index (χ1n) is 9.35. The van der Waals surface area contributed by atoms with E-state index in [1.165, 1.54) is 11.2 Å². The summed E-state index contributed by atoms with van der Waals surface area (Å²) in [6.45, 7) is 4.96. The van der Waals surface area contributed by atoms with Crippen LogP contribution in [0.1, 0.15) is 34.9 Å². The van der Waals surface area contributed by atoms with Crippen LogP contribution in [0, 0.1) is 13.8 Å². The molecule has 2 aromatic rings. The van der Waals surface area contributed by atoms with Crippen molar-refractivity contribution in [3.63, 3.8) is 0 Å². The summed E-state index contributed by atoms with van der Waals surface area (Å²) in [7, 11) is 3.91. The fourth-order valence-corrected chi connectivity index (χ4v) is 3.55.